The fourth-order valence-corrected chi connectivity index (χ4v) is 1.57. The predicted octanol–water partition coefficient (Wildman–Crippen LogP) is -14.4. The van der Waals surface area contributed by atoms with E-state index in [0.717, 1.165) is 28.0 Å². The molecule has 0 bridgehead atoms. The van der Waals surface area contributed by atoms with Crippen LogP contribution in [0.15, 0.2) is 0 Å². The van der Waals surface area contributed by atoms with Crippen molar-refractivity contribution in [3.8, 4) is 28.0 Å². The van der Waals surface area contributed by atoms with Crippen molar-refractivity contribution in [3.05, 3.63) is 0 Å². The van der Waals surface area contributed by atoms with E-state index in [0.29, 0.717) is 0 Å². The van der Waals surface area contributed by atoms with Crippen molar-refractivity contribution < 1.29 is 234 Å². The SMILES string of the molecule is N#[C][Ru-4]([C]#N)([C]#N)([C]#N)([C]#N)[C]#N.O.O.O.[K+].[K+].[K+].[K+]. The normalized spacial score (nSPS) is 8.70. The zero-order valence-corrected chi connectivity index (χ0v) is 25.8. The molecule has 6 N–H and O–H groups in total. The third-order valence-corrected chi connectivity index (χ3v) is 7.02. The molecular weight excluding hydrogens is 462 g/mol. The van der Waals surface area contributed by atoms with Crippen molar-refractivity contribution in [2.24, 2.45) is 0 Å². The van der Waals surface area contributed by atoms with Crippen molar-refractivity contribution >= 4 is 0 Å². The summed E-state index contributed by atoms with van der Waals surface area (Å²) in [6.45, 7) is 0. The van der Waals surface area contributed by atoms with Gasteiger partial charge >= 0.3 is 278 Å². The van der Waals surface area contributed by atoms with Crippen LogP contribution in [-0.2, 0) is 12.4 Å². The van der Waals surface area contributed by atoms with Crippen LogP contribution in [0.25, 0.3) is 0 Å². The standard InChI is InChI=1S/6CN.4K.3H2O.Ru/c6*1-2;;;;;;;;/h;;;;;;;;;;3*1H2;/q;;;;;;4*+1;;;;-4. The van der Waals surface area contributed by atoms with Crippen LogP contribution in [0.3, 0.4) is 0 Å². The molecule has 0 atom stereocenters. The van der Waals surface area contributed by atoms with Gasteiger partial charge in [0.05, 0.1) is 0 Å². The maximum atomic E-state index is 8.59. The number of hydrogen-bond acceptors (Lipinski definition) is 6. The predicted molar refractivity (Wildman–Crippen MR) is 44.5 cm³/mol. The van der Waals surface area contributed by atoms with Crippen LogP contribution in [0.5, 0.6) is 0 Å². The summed E-state index contributed by atoms with van der Waals surface area (Å²) in [5, 5.41) is 51.6. The number of rotatable bonds is 0. The van der Waals surface area contributed by atoms with Gasteiger partial charge in [0.25, 0.3) is 0 Å². The van der Waals surface area contributed by atoms with Crippen LogP contribution < -0.4 is 206 Å². The van der Waals surface area contributed by atoms with Crippen molar-refractivity contribution in [2.45, 2.75) is 0 Å². The Morgan fingerprint density at radius 2 is 0.500 bits per heavy atom. The maximum absolute atomic E-state index is 8.59. The molecule has 0 aromatic carbocycles. The second-order valence-corrected chi connectivity index (χ2v) is 10.6. The topological polar surface area (TPSA) is 237 Å². The van der Waals surface area contributed by atoms with E-state index in [9.17, 15) is 0 Å². The molecule has 0 heterocycles. The molecule has 0 saturated carbocycles. The largest absolute Gasteiger partial charge is 1.00 e. The van der Waals surface area contributed by atoms with Crippen molar-refractivity contribution in [3.63, 3.8) is 0 Å². The van der Waals surface area contributed by atoms with E-state index in [-0.39, 0.29) is 222 Å². The monoisotopic (exact) mass is 468 g/mol. The first-order chi connectivity index (χ1) is 5.97. The Hall–Kier alpha value is 3.99. The molecule has 0 rings (SSSR count). The van der Waals surface area contributed by atoms with Crippen LogP contribution in [0.4, 0.5) is 0 Å². The van der Waals surface area contributed by atoms with Gasteiger partial charge in [-0.15, -0.1) is 0 Å². The second-order valence-electron chi connectivity index (χ2n) is 1.80. The molecule has 0 unspecified atom stereocenters. The Morgan fingerprint density at radius 1 is 0.400 bits per heavy atom. The minimum Gasteiger partial charge on any atom is -0.412 e. The molecule has 9 nitrogen and oxygen atoms in total. The molecule has 0 amide bonds. The first-order valence-electron chi connectivity index (χ1n) is 2.40. The summed E-state index contributed by atoms with van der Waals surface area (Å²) in [4.78, 5) is 0. The minimum atomic E-state index is -6.55. The quantitative estimate of drug-likeness (QED) is 0.313. The van der Waals surface area contributed by atoms with Gasteiger partial charge in [-0.1, -0.05) is 0 Å². The molecule has 0 aromatic rings. The van der Waals surface area contributed by atoms with Gasteiger partial charge in [-0.25, -0.2) is 0 Å². The fraction of sp³-hybridized carbons (Fsp3) is 0. The van der Waals surface area contributed by atoms with Gasteiger partial charge in [0.2, 0.25) is 0 Å². The van der Waals surface area contributed by atoms with Gasteiger partial charge in [0.1, 0.15) is 0 Å². The number of nitrogens with zero attached hydrogens (tertiary/aromatic N) is 6. The third-order valence-electron chi connectivity index (χ3n) is 1.19. The van der Waals surface area contributed by atoms with Crippen LogP contribution in [0.2, 0.25) is 0 Å². The van der Waals surface area contributed by atoms with Gasteiger partial charge in [0, 0.05) is 0 Å². The minimum absolute atomic E-state index is 0. The number of nitriles is 6. The van der Waals surface area contributed by atoms with Crippen LogP contribution >= 0.6 is 0 Å². The average Bonchev–Trinajstić information content (AvgIpc) is 2.26. The summed E-state index contributed by atoms with van der Waals surface area (Å²) in [5.41, 5.74) is 0. The van der Waals surface area contributed by atoms with Gasteiger partial charge in [-0.05, 0) is 0 Å². The first kappa shape index (κ1) is 49.6. The zero-order valence-electron chi connectivity index (χ0n) is 11.5. The molecule has 20 heavy (non-hydrogen) atoms. The van der Waals surface area contributed by atoms with E-state index in [1.807, 2.05) is 0 Å². The average molecular weight is 468 g/mol. The smallest absolute Gasteiger partial charge is 0.412 e. The molecule has 14 heteroatoms. The summed E-state index contributed by atoms with van der Waals surface area (Å²) in [6, 6.07) is 0. The van der Waals surface area contributed by atoms with E-state index in [4.69, 9.17) is 31.6 Å². The van der Waals surface area contributed by atoms with Crippen molar-refractivity contribution in [2.75, 3.05) is 0 Å². The summed E-state index contributed by atoms with van der Waals surface area (Å²) in [5.74, 6) is 0. The third kappa shape index (κ3) is 8.39. The molecule has 0 aliphatic rings. The molecular formula is C6H6K4N6O3Ru. The van der Waals surface area contributed by atoms with Gasteiger partial charge in [-0.3, -0.25) is 0 Å². The molecule has 0 aromatic heterocycles. The van der Waals surface area contributed by atoms with E-state index in [1.54, 1.807) is 0 Å². The Kier molecular flexibility index (Phi) is 44.1. The van der Waals surface area contributed by atoms with Crippen LogP contribution in [-0.4, -0.2) is 16.4 Å². The molecule has 0 spiro atoms. The van der Waals surface area contributed by atoms with Gasteiger partial charge < -0.3 is 16.4 Å². The van der Waals surface area contributed by atoms with Crippen LogP contribution in [0.1, 0.15) is 0 Å². The van der Waals surface area contributed by atoms with E-state index in [1.165, 1.54) is 0 Å². The molecule has 0 fully saturated rings. The molecule has 0 saturated heterocycles. The molecule has 90 valence electrons. The van der Waals surface area contributed by atoms with Gasteiger partial charge in [-0.2, -0.15) is 0 Å². The summed E-state index contributed by atoms with van der Waals surface area (Å²) in [6.07, 6.45) is 0. The summed E-state index contributed by atoms with van der Waals surface area (Å²) >= 11 is -6.55. The van der Waals surface area contributed by atoms with Crippen LogP contribution in [0, 0.1) is 59.6 Å². The Balaban J connectivity index is -0.0000000343. The van der Waals surface area contributed by atoms with Crippen molar-refractivity contribution in [1.29, 1.82) is 31.6 Å². The Bertz CT molecular complexity index is 413. The van der Waals surface area contributed by atoms with E-state index < -0.39 is 12.4 Å². The number of hydrogen-bond donors (Lipinski definition) is 0. The van der Waals surface area contributed by atoms with Crippen molar-refractivity contribution in [1.82, 2.24) is 0 Å². The fourth-order valence-electron chi connectivity index (χ4n) is 0.265. The zero-order chi connectivity index (χ0) is 10.7. The molecule has 0 radical (unpaired) electrons. The van der Waals surface area contributed by atoms with E-state index in [2.05, 4.69) is 0 Å². The van der Waals surface area contributed by atoms with Gasteiger partial charge in [0.15, 0.2) is 0 Å². The Morgan fingerprint density at radius 3 is 0.500 bits per heavy atom. The molecule has 0 aliphatic carbocycles. The Labute approximate surface area is 284 Å². The molecule has 0 aliphatic heterocycles. The van der Waals surface area contributed by atoms with E-state index >= 15 is 0 Å². The maximum Gasteiger partial charge on any atom is 1.00 e. The summed E-state index contributed by atoms with van der Waals surface area (Å²) in [7, 11) is 0. The summed E-state index contributed by atoms with van der Waals surface area (Å²) < 4.78 is 6.37. The first-order valence-corrected chi connectivity index (χ1v) is 7.62. The second kappa shape index (κ2) is 17.8.